The van der Waals surface area contributed by atoms with Gasteiger partial charge in [-0.2, -0.15) is 0 Å². The molecule has 0 heterocycles. The number of likely N-dealkylation sites (N-methyl/N-ethyl adjacent to an activating group) is 1. The lowest BCUT2D eigenvalue weighted by Gasteiger charge is -2.38. The molecule has 23 heavy (non-hydrogen) atoms. The van der Waals surface area contributed by atoms with Crippen molar-refractivity contribution in [2.45, 2.75) is 71.1 Å². The number of hydrogen-bond acceptors (Lipinski definition) is 1. The molecule has 2 fully saturated rings. The summed E-state index contributed by atoms with van der Waals surface area (Å²) in [4.78, 5) is 0. The van der Waals surface area contributed by atoms with E-state index in [0.29, 0.717) is 0 Å². The van der Waals surface area contributed by atoms with Crippen LogP contribution in [0.3, 0.4) is 0 Å². The molecule has 0 spiro atoms. The summed E-state index contributed by atoms with van der Waals surface area (Å²) < 4.78 is 0. The van der Waals surface area contributed by atoms with Crippen molar-refractivity contribution in [3.8, 4) is 0 Å². The summed E-state index contributed by atoms with van der Waals surface area (Å²) in [5, 5.41) is 3.43. The molecule has 0 aliphatic heterocycles. The highest BCUT2D eigenvalue weighted by atomic mass is 14.8. The molecule has 1 N–H and O–H groups in total. The van der Waals surface area contributed by atoms with Gasteiger partial charge in [0.2, 0.25) is 0 Å². The Balaban J connectivity index is 1.55. The van der Waals surface area contributed by atoms with Gasteiger partial charge in [-0.15, -0.1) is 0 Å². The van der Waals surface area contributed by atoms with Gasteiger partial charge in [0.05, 0.1) is 0 Å². The molecule has 1 nitrogen and oxygen atoms in total. The van der Waals surface area contributed by atoms with Crippen LogP contribution in [0.1, 0.15) is 71.1 Å². The van der Waals surface area contributed by atoms with E-state index < -0.39 is 0 Å². The van der Waals surface area contributed by atoms with Crippen molar-refractivity contribution in [1.82, 2.24) is 5.32 Å². The van der Waals surface area contributed by atoms with Gasteiger partial charge in [0.15, 0.2) is 0 Å². The van der Waals surface area contributed by atoms with Crippen LogP contribution in [0, 0.1) is 23.7 Å². The molecule has 4 unspecified atom stereocenters. The van der Waals surface area contributed by atoms with Gasteiger partial charge in [0.25, 0.3) is 0 Å². The summed E-state index contributed by atoms with van der Waals surface area (Å²) in [6.45, 7) is 2.29. The monoisotopic (exact) mass is 313 g/mol. The van der Waals surface area contributed by atoms with Gasteiger partial charge in [-0.1, -0.05) is 44.4 Å². The molecule has 0 radical (unpaired) electrons. The Morgan fingerprint density at radius 1 is 1.22 bits per heavy atom. The summed E-state index contributed by atoms with van der Waals surface area (Å²) in [7, 11) is 2.08. The Morgan fingerprint density at radius 3 is 2.96 bits per heavy atom. The van der Waals surface area contributed by atoms with Gasteiger partial charge in [-0.3, -0.25) is 0 Å². The topological polar surface area (TPSA) is 12.0 Å². The SMILES string of the molecule is CCCCCC/C=C/C1CCC2CC3=C(NC)C=CCC3CC12. The van der Waals surface area contributed by atoms with E-state index in [1.54, 1.807) is 5.57 Å². The summed E-state index contributed by atoms with van der Waals surface area (Å²) in [6, 6.07) is 0. The average molecular weight is 314 g/mol. The van der Waals surface area contributed by atoms with Crippen molar-refractivity contribution < 1.29 is 0 Å². The highest BCUT2D eigenvalue weighted by Crippen LogP contribution is 2.52. The Morgan fingerprint density at radius 2 is 2.13 bits per heavy atom. The second-order valence-electron chi connectivity index (χ2n) is 7.91. The first kappa shape index (κ1) is 16.9. The van der Waals surface area contributed by atoms with E-state index in [1.165, 1.54) is 69.9 Å². The molecule has 0 aromatic heterocycles. The highest BCUT2D eigenvalue weighted by Gasteiger charge is 2.41. The Kier molecular flexibility index (Phi) is 6.02. The first-order chi connectivity index (χ1) is 11.3. The van der Waals surface area contributed by atoms with E-state index in [1.807, 2.05) is 0 Å². The average Bonchev–Trinajstić information content (AvgIpc) is 2.97. The molecular weight excluding hydrogens is 278 g/mol. The summed E-state index contributed by atoms with van der Waals surface area (Å²) in [6.07, 6.45) is 23.6. The maximum atomic E-state index is 3.43. The fourth-order valence-corrected chi connectivity index (χ4v) is 5.19. The second-order valence-corrected chi connectivity index (χ2v) is 7.91. The number of hydrogen-bond donors (Lipinski definition) is 1. The van der Waals surface area contributed by atoms with Crippen molar-refractivity contribution >= 4 is 0 Å². The molecule has 3 aliphatic rings. The Labute approximate surface area is 143 Å². The third-order valence-corrected chi connectivity index (χ3v) is 6.49. The minimum atomic E-state index is 0.822. The molecule has 0 saturated heterocycles. The van der Waals surface area contributed by atoms with Crippen molar-refractivity contribution in [3.63, 3.8) is 0 Å². The van der Waals surface area contributed by atoms with Crippen LogP contribution in [0.5, 0.6) is 0 Å². The lowest BCUT2D eigenvalue weighted by molar-refractivity contribution is 0.236. The fourth-order valence-electron chi connectivity index (χ4n) is 5.19. The van der Waals surface area contributed by atoms with Gasteiger partial charge in [0.1, 0.15) is 0 Å². The van der Waals surface area contributed by atoms with E-state index in [9.17, 15) is 0 Å². The van der Waals surface area contributed by atoms with Crippen molar-refractivity contribution in [1.29, 1.82) is 0 Å². The first-order valence-electron chi connectivity index (χ1n) is 10.1. The Hall–Kier alpha value is -0.980. The normalized spacial score (nSPS) is 33.1. The van der Waals surface area contributed by atoms with Gasteiger partial charge in [-0.05, 0) is 80.3 Å². The lowest BCUT2D eigenvalue weighted by Crippen LogP contribution is -2.29. The summed E-state index contributed by atoms with van der Waals surface area (Å²) in [5.41, 5.74) is 3.16. The van der Waals surface area contributed by atoms with Crippen LogP contribution in [-0.2, 0) is 0 Å². The summed E-state index contributed by atoms with van der Waals surface area (Å²) in [5.74, 6) is 3.60. The predicted octanol–water partition coefficient (Wildman–Crippen LogP) is 6.00. The van der Waals surface area contributed by atoms with E-state index in [0.717, 1.165) is 23.7 Å². The molecule has 1 heteroatoms. The van der Waals surface area contributed by atoms with Crippen molar-refractivity contribution in [3.05, 3.63) is 35.6 Å². The lowest BCUT2D eigenvalue weighted by atomic mass is 9.68. The molecule has 3 rings (SSSR count). The zero-order valence-electron chi connectivity index (χ0n) is 15.2. The molecule has 0 bridgehead atoms. The van der Waals surface area contributed by atoms with Crippen molar-refractivity contribution in [2.24, 2.45) is 23.7 Å². The van der Waals surface area contributed by atoms with Gasteiger partial charge in [0, 0.05) is 12.7 Å². The van der Waals surface area contributed by atoms with Crippen molar-refractivity contribution in [2.75, 3.05) is 7.05 Å². The molecule has 0 aromatic rings. The molecule has 0 amide bonds. The number of nitrogens with one attached hydrogen (secondary N) is 1. The molecule has 2 saturated carbocycles. The second kappa shape index (κ2) is 8.22. The zero-order chi connectivity index (χ0) is 16.1. The maximum absolute atomic E-state index is 3.43. The summed E-state index contributed by atoms with van der Waals surface area (Å²) >= 11 is 0. The molecule has 4 atom stereocenters. The van der Waals surface area contributed by atoms with Gasteiger partial charge in [-0.25, -0.2) is 0 Å². The zero-order valence-corrected chi connectivity index (χ0v) is 15.2. The van der Waals surface area contributed by atoms with Crippen LogP contribution in [0.25, 0.3) is 0 Å². The largest absolute Gasteiger partial charge is 0.388 e. The van der Waals surface area contributed by atoms with E-state index in [2.05, 4.69) is 43.6 Å². The third kappa shape index (κ3) is 3.92. The van der Waals surface area contributed by atoms with Gasteiger partial charge < -0.3 is 5.32 Å². The van der Waals surface area contributed by atoms with E-state index >= 15 is 0 Å². The Bertz CT molecular complexity index is 470. The predicted molar refractivity (Wildman–Crippen MR) is 100 cm³/mol. The first-order valence-corrected chi connectivity index (χ1v) is 10.1. The molecular formula is C22H35N. The van der Waals surface area contributed by atoms with Crippen LogP contribution in [0.15, 0.2) is 35.6 Å². The van der Waals surface area contributed by atoms with Gasteiger partial charge >= 0.3 is 0 Å². The number of rotatable bonds is 7. The van der Waals surface area contributed by atoms with Crippen LogP contribution in [-0.4, -0.2) is 7.05 Å². The minimum absolute atomic E-state index is 0.822. The van der Waals surface area contributed by atoms with Crippen LogP contribution < -0.4 is 5.32 Å². The third-order valence-electron chi connectivity index (χ3n) is 6.49. The number of fused-ring (bicyclic) bond motifs is 2. The smallest absolute Gasteiger partial charge is 0.0329 e. The molecule has 0 aromatic carbocycles. The molecule has 128 valence electrons. The number of unbranched alkanes of at least 4 members (excludes halogenated alkanes) is 4. The highest BCUT2D eigenvalue weighted by molar-refractivity contribution is 5.32. The minimum Gasteiger partial charge on any atom is -0.388 e. The molecule has 3 aliphatic carbocycles. The van der Waals surface area contributed by atoms with Crippen LogP contribution >= 0.6 is 0 Å². The standard InChI is InChI=1S/C22H35N/c1-3-4-5-6-7-8-10-17-13-14-19-16-21-18(15-20(17)19)11-9-12-22(21)23-2/h8-10,12,17-20,23H,3-7,11,13-16H2,1-2H3/b10-8+. The maximum Gasteiger partial charge on any atom is 0.0329 e. The van der Waals surface area contributed by atoms with E-state index in [-0.39, 0.29) is 0 Å². The number of allylic oxidation sites excluding steroid dienone is 5. The van der Waals surface area contributed by atoms with Crippen LogP contribution in [0.4, 0.5) is 0 Å². The quantitative estimate of drug-likeness (QED) is 0.449. The fraction of sp³-hybridized carbons (Fsp3) is 0.727. The van der Waals surface area contributed by atoms with Crippen LogP contribution in [0.2, 0.25) is 0 Å². The van der Waals surface area contributed by atoms with E-state index in [4.69, 9.17) is 0 Å².